The van der Waals surface area contributed by atoms with Gasteiger partial charge in [-0.15, -0.1) is 0 Å². The Kier molecular flexibility index (Phi) is 7.85. The Labute approximate surface area is 232 Å². The van der Waals surface area contributed by atoms with Gasteiger partial charge in [-0.1, -0.05) is 24.2 Å². The van der Waals surface area contributed by atoms with Crippen molar-refractivity contribution >= 4 is 46.1 Å². The highest BCUT2D eigenvalue weighted by atomic mass is 35.5. The van der Waals surface area contributed by atoms with Crippen LogP contribution in [-0.2, 0) is 4.79 Å². The van der Waals surface area contributed by atoms with E-state index in [9.17, 15) is 4.79 Å². The maximum absolute atomic E-state index is 12.1. The molecule has 11 heteroatoms. The van der Waals surface area contributed by atoms with E-state index in [2.05, 4.69) is 16.8 Å². The van der Waals surface area contributed by atoms with Crippen LogP contribution < -0.4 is 25.4 Å². The lowest BCUT2D eigenvalue weighted by atomic mass is 10.1. The lowest BCUT2D eigenvalue weighted by Crippen LogP contribution is -2.48. The Morgan fingerprint density at radius 3 is 2.79 bits per heavy atom. The number of piperazine rings is 1. The van der Waals surface area contributed by atoms with Gasteiger partial charge in [0.1, 0.15) is 23.7 Å². The van der Waals surface area contributed by atoms with E-state index >= 15 is 0 Å². The summed E-state index contributed by atoms with van der Waals surface area (Å²) in [4.78, 5) is 25.6. The molecule has 2 aliphatic heterocycles. The van der Waals surface area contributed by atoms with Crippen LogP contribution in [0.2, 0.25) is 5.02 Å². The molecule has 1 aromatic heterocycles. The molecule has 3 heterocycles. The second-order valence-electron chi connectivity index (χ2n) is 9.66. The van der Waals surface area contributed by atoms with Gasteiger partial charge in [-0.2, -0.15) is 9.97 Å². The lowest BCUT2D eigenvalue weighted by molar-refractivity contribution is -0.126. The highest BCUT2D eigenvalue weighted by Gasteiger charge is 2.25. The zero-order valence-electron chi connectivity index (χ0n) is 21.9. The normalized spacial score (nSPS) is 17.3. The molecule has 2 fully saturated rings. The summed E-state index contributed by atoms with van der Waals surface area (Å²) >= 11 is 6.40. The van der Waals surface area contributed by atoms with Gasteiger partial charge in [-0.3, -0.25) is 4.79 Å². The topological polar surface area (TPSA) is 130 Å². The number of ether oxygens (including phenoxy) is 2. The summed E-state index contributed by atoms with van der Waals surface area (Å²) in [5.74, 6) is 1.49. The molecule has 4 N–H and O–H groups in total. The van der Waals surface area contributed by atoms with E-state index in [1.807, 2.05) is 25.1 Å². The molecule has 2 aromatic carbocycles. The molecule has 1 amide bonds. The Bertz CT molecular complexity index is 1420. The molecular weight excluding hydrogens is 518 g/mol. The molecule has 3 aromatic rings. The smallest absolute Gasteiger partial charge is 0.319 e. The van der Waals surface area contributed by atoms with Crippen LogP contribution in [0.3, 0.4) is 0 Å². The number of hydrogen-bond acceptors (Lipinski definition) is 9. The average Bonchev–Trinajstić information content (AvgIpc) is 3.48. The number of fused-ring (bicyclic) bond motifs is 1. The maximum atomic E-state index is 12.1. The highest BCUT2D eigenvalue weighted by Crippen LogP contribution is 2.40. The Balaban J connectivity index is 1.55. The van der Waals surface area contributed by atoms with Gasteiger partial charge in [0.25, 0.3) is 0 Å². The molecule has 2 saturated heterocycles. The van der Waals surface area contributed by atoms with Crippen molar-refractivity contribution in [1.82, 2.24) is 20.2 Å². The van der Waals surface area contributed by atoms with Crippen LogP contribution in [0.1, 0.15) is 24.0 Å². The third kappa shape index (κ3) is 5.48. The first-order chi connectivity index (χ1) is 18.9. The number of anilines is 2. The number of hydrogen-bond donors (Lipinski definition) is 3. The summed E-state index contributed by atoms with van der Waals surface area (Å²) in [7, 11) is 0. The van der Waals surface area contributed by atoms with Crippen molar-refractivity contribution in [3.63, 3.8) is 0 Å². The summed E-state index contributed by atoms with van der Waals surface area (Å²) in [6.45, 7) is 9.16. The number of nitrogen functional groups attached to an aromatic ring is 1. The van der Waals surface area contributed by atoms with E-state index in [-0.39, 0.29) is 18.0 Å². The van der Waals surface area contributed by atoms with Crippen molar-refractivity contribution in [3.05, 3.63) is 53.1 Å². The minimum atomic E-state index is -0.0795. The molecule has 0 bridgehead atoms. The van der Waals surface area contributed by atoms with Gasteiger partial charge < -0.3 is 35.7 Å². The van der Waals surface area contributed by atoms with E-state index in [0.29, 0.717) is 77.5 Å². The third-order valence-electron chi connectivity index (χ3n) is 7.18. The van der Waals surface area contributed by atoms with E-state index in [4.69, 9.17) is 42.2 Å². The van der Waals surface area contributed by atoms with Gasteiger partial charge in [-0.05, 0) is 50.6 Å². The fourth-order valence-electron chi connectivity index (χ4n) is 4.97. The first-order valence-electron chi connectivity index (χ1n) is 13.0. The van der Waals surface area contributed by atoms with E-state index in [1.165, 1.54) is 6.08 Å². The Hall–Kier alpha value is -3.89. The predicted octanol–water partition coefficient (Wildman–Crippen LogP) is 3.93. The monoisotopic (exact) mass is 549 g/mol. The van der Waals surface area contributed by atoms with E-state index in [1.54, 1.807) is 11.0 Å². The predicted molar refractivity (Wildman–Crippen MR) is 154 cm³/mol. The molecule has 0 aliphatic carbocycles. The average molecular weight is 550 g/mol. The molecule has 0 unspecified atom stereocenters. The second kappa shape index (κ2) is 11.5. The van der Waals surface area contributed by atoms with Crippen LogP contribution in [0.5, 0.6) is 17.5 Å². The minimum absolute atomic E-state index is 0.0795. The van der Waals surface area contributed by atoms with E-state index < -0.39 is 0 Å². The minimum Gasteiger partial charge on any atom is -0.462 e. The standard InChI is InChI=1S/C28H32ClN7O3/c1-3-24(37)35-10-12-36(13-11-35)27-19-7-4-8-23(39-26-17(2)21(29)14-22(31)20(26)15-30)25(19)33-28(34-27)38-16-18-6-5-9-32-18/h3-4,7-8,14-15,18,30,32H,1,5-6,9-13,16,31H2,2H3/t18-/m0/s1. The summed E-state index contributed by atoms with van der Waals surface area (Å²) < 4.78 is 12.5. The van der Waals surface area contributed by atoms with Crippen LogP contribution in [0.4, 0.5) is 11.5 Å². The number of nitrogens with one attached hydrogen (secondary N) is 2. The maximum Gasteiger partial charge on any atom is 0.319 e. The number of carbonyl (C=O) groups is 1. The molecular formula is C28H32ClN7O3. The summed E-state index contributed by atoms with van der Waals surface area (Å²) in [6, 6.07) is 7.75. The van der Waals surface area contributed by atoms with E-state index in [0.717, 1.165) is 31.0 Å². The summed E-state index contributed by atoms with van der Waals surface area (Å²) in [5.41, 5.74) is 8.17. The number of amides is 1. The molecule has 10 nitrogen and oxygen atoms in total. The van der Waals surface area contributed by atoms with Gasteiger partial charge in [-0.25, -0.2) is 0 Å². The van der Waals surface area contributed by atoms with Gasteiger partial charge in [0.2, 0.25) is 5.91 Å². The fraction of sp³-hybridized carbons (Fsp3) is 0.357. The van der Waals surface area contributed by atoms with Crippen molar-refractivity contribution in [1.29, 1.82) is 5.41 Å². The zero-order chi connectivity index (χ0) is 27.5. The van der Waals surface area contributed by atoms with Gasteiger partial charge in [0.15, 0.2) is 5.75 Å². The molecule has 39 heavy (non-hydrogen) atoms. The van der Waals surface area contributed by atoms with Crippen molar-refractivity contribution in [3.8, 4) is 17.5 Å². The lowest BCUT2D eigenvalue weighted by Gasteiger charge is -2.35. The second-order valence-corrected chi connectivity index (χ2v) is 10.1. The van der Waals surface area contributed by atoms with Crippen LogP contribution in [0, 0.1) is 12.3 Å². The number of halogens is 1. The Morgan fingerprint density at radius 2 is 2.10 bits per heavy atom. The van der Waals surface area contributed by atoms with Crippen LogP contribution in [0.25, 0.3) is 10.9 Å². The number of para-hydroxylation sites is 1. The molecule has 2 aliphatic rings. The van der Waals surface area contributed by atoms with Gasteiger partial charge in [0.05, 0.1) is 5.56 Å². The number of nitrogens with zero attached hydrogens (tertiary/aromatic N) is 4. The Morgan fingerprint density at radius 1 is 1.31 bits per heavy atom. The van der Waals surface area contributed by atoms with Gasteiger partial charge >= 0.3 is 6.01 Å². The third-order valence-corrected chi connectivity index (χ3v) is 7.58. The number of rotatable bonds is 8. The van der Waals surface area contributed by atoms with Crippen LogP contribution >= 0.6 is 11.6 Å². The quantitative estimate of drug-likeness (QED) is 0.219. The van der Waals surface area contributed by atoms with Crippen molar-refractivity contribution < 1.29 is 14.3 Å². The molecule has 0 spiro atoms. The molecule has 1 atom stereocenters. The highest BCUT2D eigenvalue weighted by molar-refractivity contribution is 6.32. The first kappa shape index (κ1) is 26.7. The number of carbonyl (C=O) groups excluding carboxylic acids is 1. The number of aromatic nitrogens is 2. The molecule has 204 valence electrons. The first-order valence-corrected chi connectivity index (χ1v) is 13.4. The molecule has 0 radical (unpaired) electrons. The molecule has 0 saturated carbocycles. The largest absolute Gasteiger partial charge is 0.462 e. The van der Waals surface area contributed by atoms with Crippen molar-refractivity contribution in [2.45, 2.75) is 25.8 Å². The zero-order valence-corrected chi connectivity index (χ0v) is 22.6. The van der Waals surface area contributed by atoms with Crippen molar-refractivity contribution in [2.75, 3.05) is 50.0 Å². The summed E-state index contributed by atoms with van der Waals surface area (Å²) in [6.07, 6.45) is 4.65. The number of nitrogens with two attached hydrogens (primary N) is 1. The fourth-order valence-corrected chi connectivity index (χ4v) is 5.18. The van der Waals surface area contributed by atoms with Crippen molar-refractivity contribution in [2.24, 2.45) is 0 Å². The van der Waals surface area contributed by atoms with Gasteiger partial charge in [0, 0.05) is 60.1 Å². The van der Waals surface area contributed by atoms with Crippen LogP contribution in [0.15, 0.2) is 36.9 Å². The molecule has 5 rings (SSSR count). The number of benzene rings is 2. The SMILES string of the molecule is C=CC(=O)N1CCN(c2nc(OC[C@@H]3CCCN3)nc3c(Oc4c(C)c(Cl)cc(N)c4C=N)cccc23)CC1. The summed E-state index contributed by atoms with van der Waals surface area (Å²) in [5, 5.41) is 12.6. The van der Waals surface area contributed by atoms with Crippen LogP contribution in [-0.4, -0.2) is 72.4 Å².